The second-order valence-electron chi connectivity index (χ2n) is 3.97. The van der Waals surface area contributed by atoms with Crippen molar-refractivity contribution in [3.63, 3.8) is 0 Å². The number of carbonyl (C=O) groups is 1. The molecule has 0 saturated carbocycles. The number of ether oxygens (including phenoxy) is 1. The van der Waals surface area contributed by atoms with E-state index in [9.17, 15) is 15.0 Å². The molecule has 1 aromatic carbocycles. The maximum atomic E-state index is 10.9. The maximum Gasteiger partial charge on any atom is 0.308 e. The number of aliphatic hydroxyl groups is 2. The number of benzene rings is 1. The molecule has 0 aromatic heterocycles. The van der Waals surface area contributed by atoms with Crippen molar-refractivity contribution in [1.29, 1.82) is 0 Å². The molecule has 1 aliphatic carbocycles. The monoisotopic (exact) mass is 222 g/mol. The summed E-state index contributed by atoms with van der Waals surface area (Å²) in [5, 5.41) is 19.3. The minimum atomic E-state index is -0.890. The lowest BCUT2D eigenvalue weighted by Gasteiger charge is -2.27. The largest absolute Gasteiger partial charge is 0.426 e. The molecule has 0 heterocycles. The molecule has 4 heteroatoms. The number of hydrogen-bond donors (Lipinski definition) is 2. The summed E-state index contributed by atoms with van der Waals surface area (Å²) in [5.41, 5.74) is 1.47. The molecule has 2 N–H and O–H groups in total. The van der Waals surface area contributed by atoms with Crippen molar-refractivity contribution in [2.75, 3.05) is 0 Å². The van der Waals surface area contributed by atoms with Gasteiger partial charge in [-0.05, 0) is 24.5 Å². The van der Waals surface area contributed by atoms with Crippen molar-refractivity contribution in [2.45, 2.75) is 32.0 Å². The number of aliphatic hydroxyl groups excluding tert-OH is 2. The molecule has 16 heavy (non-hydrogen) atoms. The predicted octanol–water partition coefficient (Wildman–Crippen LogP) is 0.952. The number of hydrogen-bond acceptors (Lipinski definition) is 4. The first kappa shape index (κ1) is 11.1. The van der Waals surface area contributed by atoms with Gasteiger partial charge in [-0.25, -0.2) is 0 Å². The van der Waals surface area contributed by atoms with Crippen LogP contribution in [0.1, 0.15) is 30.6 Å². The average Bonchev–Trinajstić information content (AvgIpc) is 2.23. The zero-order valence-electron chi connectivity index (χ0n) is 9.01. The highest BCUT2D eigenvalue weighted by Crippen LogP contribution is 2.35. The van der Waals surface area contributed by atoms with Crippen LogP contribution in [0, 0.1) is 0 Å². The summed E-state index contributed by atoms with van der Waals surface area (Å²) in [6.07, 6.45) is -0.539. The minimum Gasteiger partial charge on any atom is -0.426 e. The van der Waals surface area contributed by atoms with Gasteiger partial charge in [-0.1, -0.05) is 12.1 Å². The van der Waals surface area contributed by atoms with Gasteiger partial charge in [-0.2, -0.15) is 0 Å². The zero-order chi connectivity index (χ0) is 11.7. The summed E-state index contributed by atoms with van der Waals surface area (Å²) in [4.78, 5) is 10.9. The van der Waals surface area contributed by atoms with E-state index in [-0.39, 0.29) is 5.97 Å². The lowest BCUT2D eigenvalue weighted by Crippen LogP contribution is -2.25. The first-order valence-electron chi connectivity index (χ1n) is 5.26. The van der Waals surface area contributed by atoms with E-state index < -0.39 is 12.2 Å². The van der Waals surface area contributed by atoms with E-state index in [4.69, 9.17) is 4.74 Å². The third-order valence-corrected chi connectivity index (χ3v) is 2.80. The molecule has 1 aliphatic rings. The summed E-state index contributed by atoms with van der Waals surface area (Å²) in [5.74, 6) is 0.102. The first-order valence-corrected chi connectivity index (χ1v) is 5.26. The summed E-state index contributed by atoms with van der Waals surface area (Å²) < 4.78 is 5.06. The van der Waals surface area contributed by atoms with E-state index in [2.05, 4.69) is 0 Å². The Morgan fingerprint density at radius 1 is 1.44 bits per heavy atom. The van der Waals surface area contributed by atoms with Gasteiger partial charge in [0.05, 0.1) is 6.10 Å². The Balaban J connectivity index is 2.40. The topological polar surface area (TPSA) is 66.8 Å². The Morgan fingerprint density at radius 2 is 2.19 bits per heavy atom. The van der Waals surface area contributed by atoms with Crippen LogP contribution < -0.4 is 4.74 Å². The molecule has 2 rings (SSSR count). The van der Waals surface area contributed by atoms with Crippen molar-refractivity contribution in [3.8, 4) is 5.75 Å². The van der Waals surface area contributed by atoms with E-state index in [1.807, 2.05) is 0 Å². The number of carbonyl (C=O) groups excluding carboxylic acids is 1. The zero-order valence-corrected chi connectivity index (χ0v) is 9.01. The Kier molecular flexibility index (Phi) is 2.94. The van der Waals surface area contributed by atoms with Gasteiger partial charge in [-0.3, -0.25) is 4.79 Å². The fourth-order valence-electron chi connectivity index (χ4n) is 2.04. The average molecular weight is 222 g/mol. The van der Waals surface area contributed by atoms with Gasteiger partial charge < -0.3 is 14.9 Å². The lowest BCUT2D eigenvalue weighted by molar-refractivity contribution is -0.131. The molecular formula is C12H14O4. The number of rotatable bonds is 1. The van der Waals surface area contributed by atoms with Gasteiger partial charge in [0.2, 0.25) is 0 Å². The number of esters is 1. The van der Waals surface area contributed by atoms with E-state index >= 15 is 0 Å². The van der Waals surface area contributed by atoms with Crippen LogP contribution in [0.25, 0.3) is 0 Å². The van der Waals surface area contributed by atoms with Crippen LogP contribution >= 0.6 is 0 Å². The van der Waals surface area contributed by atoms with Crippen LogP contribution in [0.4, 0.5) is 0 Å². The molecular weight excluding hydrogens is 208 g/mol. The van der Waals surface area contributed by atoms with E-state index in [0.717, 1.165) is 5.56 Å². The van der Waals surface area contributed by atoms with Gasteiger partial charge in [0.1, 0.15) is 11.9 Å². The smallest absolute Gasteiger partial charge is 0.308 e. The Bertz CT molecular complexity index is 413. The fraction of sp³-hybridized carbons (Fsp3) is 0.417. The van der Waals surface area contributed by atoms with E-state index in [1.165, 1.54) is 6.92 Å². The second kappa shape index (κ2) is 4.23. The van der Waals surface area contributed by atoms with Crippen LogP contribution in [0.15, 0.2) is 18.2 Å². The van der Waals surface area contributed by atoms with Crippen LogP contribution in [0.2, 0.25) is 0 Å². The third-order valence-electron chi connectivity index (χ3n) is 2.80. The molecule has 0 amide bonds. The molecule has 2 atom stereocenters. The van der Waals surface area contributed by atoms with Crippen LogP contribution in [0.3, 0.4) is 0 Å². The van der Waals surface area contributed by atoms with Gasteiger partial charge in [-0.15, -0.1) is 0 Å². The van der Waals surface area contributed by atoms with E-state index in [1.54, 1.807) is 18.2 Å². The van der Waals surface area contributed by atoms with Gasteiger partial charge in [0.15, 0.2) is 0 Å². The molecule has 1 aromatic rings. The molecule has 0 saturated heterocycles. The van der Waals surface area contributed by atoms with Crippen LogP contribution in [0.5, 0.6) is 5.75 Å². The molecule has 0 bridgehead atoms. The Morgan fingerprint density at radius 3 is 2.88 bits per heavy atom. The highest BCUT2D eigenvalue weighted by atomic mass is 16.5. The highest BCUT2D eigenvalue weighted by Gasteiger charge is 2.28. The molecule has 0 aliphatic heterocycles. The summed E-state index contributed by atoms with van der Waals surface area (Å²) >= 11 is 0. The molecule has 0 radical (unpaired) electrons. The SMILES string of the molecule is CC(=O)Oc1cccc2c1CC[C@@H](O)[C@@H]2O. The standard InChI is InChI=1S/C12H14O4/c1-7(13)16-11-4-2-3-9-8(11)5-6-10(14)12(9)15/h2-4,10,12,14-15H,5-6H2,1H3/t10-,12-/m1/s1. The van der Waals surface area contributed by atoms with Crippen molar-refractivity contribution in [1.82, 2.24) is 0 Å². The van der Waals surface area contributed by atoms with Crippen LogP contribution in [-0.4, -0.2) is 22.3 Å². The highest BCUT2D eigenvalue weighted by molar-refractivity contribution is 5.70. The molecule has 0 unspecified atom stereocenters. The first-order chi connectivity index (χ1) is 7.59. The van der Waals surface area contributed by atoms with Gasteiger partial charge >= 0.3 is 5.97 Å². The molecule has 86 valence electrons. The Hall–Kier alpha value is -1.39. The minimum absolute atomic E-state index is 0.381. The normalized spacial score (nSPS) is 23.7. The van der Waals surface area contributed by atoms with Gasteiger partial charge in [0, 0.05) is 12.5 Å². The molecule has 0 spiro atoms. The van der Waals surface area contributed by atoms with Gasteiger partial charge in [0.25, 0.3) is 0 Å². The fourth-order valence-corrected chi connectivity index (χ4v) is 2.04. The number of fused-ring (bicyclic) bond motifs is 1. The van der Waals surface area contributed by atoms with Crippen molar-refractivity contribution in [2.24, 2.45) is 0 Å². The van der Waals surface area contributed by atoms with Crippen molar-refractivity contribution < 1.29 is 19.7 Å². The third kappa shape index (κ3) is 1.94. The quantitative estimate of drug-likeness (QED) is 0.548. The van der Waals surface area contributed by atoms with E-state index in [0.29, 0.717) is 24.2 Å². The van der Waals surface area contributed by atoms with Crippen LogP contribution in [-0.2, 0) is 11.2 Å². The molecule has 4 nitrogen and oxygen atoms in total. The van der Waals surface area contributed by atoms with Crippen molar-refractivity contribution in [3.05, 3.63) is 29.3 Å². The lowest BCUT2D eigenvalue weighted by atomic mass is 9.87. The molecule has 0 fully saturated rings. The summed E-state index contributed by atoms with van der Waals surface area (Å²) in [7, 11) is 0. The Labute approximate surface area is 93.5 Å². The maximum absolute atomic E-state index is 10.9. The summed E-state index contributed by atoms with van der Waals surface area (Å²) in [6.45, 7) is 1.34. The second-order valence-corrected chi connectivity index (χ2v) is 3.97. The summed E-state index contributed by atoms with van der Waals surface area (Å²) in [6, 6.07) is 5.15. The predicted molar refractivity (Wildman–Crippen MR) is 57.0 cm³/mol. The van der Waals surface area contributed by atoms with Crippen molar-refractivity contribution >= 4 is 5.97 Å².